The highest BCUT2D eigenvalue weighted by molar-refractivity contribution is 4.84. The summed E-state index contributed by atoms with van der Waals surface area (Å²) in [5.74, 6) is 0. The van der Waals surface area contributed by atoms with Gasteiger partial charge in [-0.2, -0.15) is 0 Å². The van der Waals surface area contributed by atoms with Crippen molar-refractivity contribution in [2.24, 2.45) is 5.73 Å². The summed E-state index contributed by atoms with van der Waals surface area (Å²) in [6.07, 6.45) is 7.62. The lowest BCUT2D eigenvalue weighted by Gasteiger charge is -2.38. The van der Waals surface area contributed by atoms with Crippen molar-refractivity contribution in [3.63, 3.8) is 0 Å². The molecule has 1 aliphatic rings. The highest BCUT2D eigenvalue weighted by Gasteiger charge is 2.27. The monoisotopic (exact) mass is 212 g/mol. The molecule has 1 saturated heterocycles. The van der Waals surface area contributed by atoms with Crippen LogP contribution >= 0.6 is 0 Å². The molecule has 2 nitrogen and oxygen atoms in total. The van der Waals surface area contributed by atoms with E-state index in [9.17, 15) is 0 Å². The fourth-order valence-corrected chi connectivity index (χ4v) is 2.49. The lowest BCUT2D eigenvalue weighted by Crippen LogP contribution is -2.44. The normalized spacial score (nSPS) is 25.2. The predicted octanol–water partition coefficient (Wildman–Crippen LogP) is 2.77. The van der Waals surface area contributed by atoms with E-state index in [1.807, 2.05) is 0 Å². The van der Waals surface area contributed by atoms with Gasteiger partial charge in [0.1, 0.15) is 0 Å². The first kappa shape index (κ1) is 13.0. The fraction of sp³-hybridized carbons (Fsp3) is 1.00. The molecule has 1 aliphatic heterocycles. The summed E-state index contributed by atoms with van der Waals surface area (Å²) in [5.41, 5.74) is 6.39. The van der Waals surface area contributed by atoms with E-state index in [1.54, 1.807) is 0 Å². The van der Waals surface area contributed by atoms with Gasteiger partial charge in [0.15, 0.2) is 0 Å². The number of hydrogen-bond donors (Lipinski definition) is 1. The Balaban J connectivity index is 2.45. The second-order valence-electron chi connectivity index (χ2n) is 5.59. The van der Waals surface area contributed by atoms with E-state index in [0.717, 1.165) is 0 Å². The van der Waals surface area contributed by atoms with Gasteiger partial charge in [0.2, 0.25) is 0 Å². The Bertz CT molecular complexity index is 177. The molecule has 1 atom stereocenters. The molecule has 0 amide bonds. The summed E-state index contributed by atoms with van der Waals surface area (Å²) in [5, 5.41) is 0. The number of rotatable bonds is 4. The molecule has 2 heteroatoms. The number of likely N-dealkylation sites (tertiary alicyclic amines) is 1. The van der Waals surface area contributed by atoms with Crippen molar-refractivity contribution in [3.8, 4) is 0 Å². The molecule has 0 aromatic heterocycles. The van der Waals surface area contributed by atoms with E-state index in [0.29, 0.717) is 11.6 Å². The summed E-state index contributed by atoms with van der Waals surface area (Å²) in [4.78, 5) is 2.65. The molecule has 1 rings (SSSR count). The molecule has 0 aromatic carbocycles. The van der Waals surface area contributed by atoms with Gasteiger partial charge in [-0.15, -0.1) is 0 Å². The Hall–Kier alpha value is -0.0800. The number of unbranched alkanes of at least 4 members (excludes halogenated alkanes) is 1. The molecule has 1 fully saturated rings. The van der Waals surface area contributed by atoms with Crippen molar-refractivity contribution < 1.29 is 0 Å². The third-order valence-corrected chi connectivity index (χ3v) is 3.77. The molecule has 2 N–H and O–H groups in total. The van der Waals surface area contributed by atoms with Crippen LogP contribution < -0.4 is 5.73 Å². The van der Waals surface area contributed by atoms with Gasteiger partial charge in [0, 0.05) is 18.1 Å². The Kier molecular flexibility index (Phi) is 5.07. The number of nitrogens with two attached hydrogens (primary N) is 1. The second-order valence-corrected chi connectivity index (χ2v) is 5.59. The first-order valence-corrected chi connectivity index (χ1v) is 6.57. The Morgan fingerprint density at radius 3 is 2.67 bits per heavy atom. The van der Waals surface area contributed by atoms with Gasteiger partial charge in [0.25, 0.3) is 0 Å². The third kappa shape index (κ3) is 4.12. The van der Waals surface area contributed by atoms with Crippen LogP contribution in [0.4, 0.5) is 0 Å². The second kappa shape index (κ2) is 5.86. The number of hydrogen-bond acceptors (Lipinski definition) is 2. The third-order valence-electron chi connectivity index (χ3n) is 3.77. The molecule has 0 aromatic rings. The minimum Gasteiger partial charge on any atom is -0.328 e. The Labute approximate surface area is 95.2 Å². The molecule has 0 saturated carbocycles. The van der Waals surface area contributed by atoms with Crippen LogP contribution in [-0.4, -0.2) is 29.6 Å². The Morgan fingerprint density at radius 2 is 2.00 bits per heavy atom. The zero-order chi connectivity index (χ0) is 11.3. The summed E-state index contributed by atoms with van der Waals surface area (Å²) in [6, 6.07) is 0.442. The molecular weight excluding hydrogens is 184 g/mol. The fourth-order valence-electron chi connectivity index (χ4n) is 2.49. The first-order valence-electron chi connectivity index (χ1n) is 6.57. The standard InChI is InChI=1S/C13H28N2/c1-4-5-9-13(2,3)15-10-6-7-12(14)8-11-15/h12H,4-11,14H2,1-3H3. The van der Waals surface area contributed by atoms with Crippen LogP contribution in [0.3, 0.4) is 0 Å². The molecule has 0 bridgehead atoms. The highest BCUT2D eigenvalue weighted by atomic mass is 15.2. The SMILES string of the molecule is CCCCC(C)(C)N1CCCC(N)CC1. The average molecular weight is 212 g/mol. The molecule has 0 aliphatic carbocycles. The molecule has 0 spiro atoms. The van der Waals surface area contributed by atoms with Crippen LogP contribution in [0, 0.1) is 0 Å². The maximum atomic E-state index is 6.01. The average Bonchev–Trinajstić information content (AvgIpc) is 2.40. The van der Waals surface area contributed by atoms with Crippen molar-refractivity contribution in [1.82, 2.24) is 4.90 Å². The van der Waals surface area contributed by atoms with Gasteiger partial charge >= 0.3 is 0 Å². The number of nitrogens with zero attached hydrogens (tertiary/aromatic N) is 1. The van der Waals surface area contributed by atoms with E-state index in [2.05, 4.69) is 25.7 Å². The first-order chi connectivity index (χ1) is 7.06. The molecule has 1 heterocycles. The van der Waals surface area contributed by atoms with Crippen LogP contribution in [0.2, 0.25) is 0 Å². The van der Waals surface area contributed by atoms with E-state index in [4.69, 9.17) is 5.73 Å². The molecular formula is C13H28N2. The molecule has 0 radical (unpaired) electrons. The van der Waals surface area contributed by atoms with Crippen molar-refractivity contribution in [2.75, 3.05) is 13.1 Å². The van der Waals surface area contributed by atoms with Crippen molar-refractivity contribution in [2.45, 2.75) is 70.9 Å². The quantitative estimate of drug-likeness (QED) is 0.776. The lowest BCUT2D eigenvalue weighted by atomic mass is 9.95. The van der Waals surface area contributed by atoms with Gasteiger partial charge in [-0.3, -0.25) is 4.90 Å². The topological polar surface area (TPSA) is 29.3 Å². The minimum absolute atomic E-state index is 0.375. The van der Waals surface area contributed by atoms with Crippen molar-refractivity contribution in [1.29, 1.82) is 0 Å². The smallest absolute Gasteiger partial charge is 0.0153 e. The van der Waals surface area contributed by atoms with E-state index in [1.165, 1.54) is 51.6 Å². The molecule has 1 unspecified atom stereocenters. The summed E-state index contributed by atoms with van der Waals surface area (Å²) >= 11 is 0. The van der Waals surface area contributed by atoms with Gasteiger partial charge < -0.3 is 5.73 Å². The highest BCUT2D eigenvalue weighted by Crippen LogP contribution is 2.24. The van der Waals surface area contributed by atoms with Gasteiger partial charge in [0.05, 0.1) is 0 Å². The van der Waals surface area contributed by atoms with E-state index in [-0.39, 0.29) is 0 Å². The summed E-state index contributed by atoms with van der Waals surface area (Å²) in [6.45, 7) is 9.48. The minimum atomic E-state index is 0.375. The van der Waals surface area contributed by atoms with Gasteiger partial charge in [-0.05, 0) is 46.1 Å². The van der Waals surface area contributed by atoms with Crippen LogP contribution in [-0.2, 0) is 0 Å². The summed E-state index contributed by atoms with van der Waals surface area (Å²) < 4.78 is 0. The van der Waals surface area contributed by atoms with E-state index >= 15 is 0 Å². The molecule has 90 valence electrons. The van der Waals surface area contributed by atoms with Gasteiger partial charge in [-0.25, -0.2) is 0 Å². The summed E-state index contributed by atoms with van der Waals surface area (Å²) in [7, 11) is 0. The maximum absolute atomic E-state index is 6.01. The van der Waals surface area contributed by atoms with Crippen LogP contribution in [0.1, 0.15) is 59.3 Å². The van der Waals surface area contributed by atoms with Crippen LogP contribution in [0.5, 0.6) is 0 Å². The molecule has 15 heavy (non-hydrogen) atoms. The zero-order valence-corrected chi connectivity index (χ0v) is 10.8. The predicted molar refractivity (Wildman–Crippen MR) is 67.0 cm³/mol. The zero-order valence-electron chi connectivity index (χ0n) is 10.8. The Morgan fingerprint density at radius 1 is 1.27 bits per heavy atom. The largest absolute Gasteiger partial charge is 0.328 e. The van der Waals surface area contributed by atoms with Crippen LogP contribution in [0.15, 0.2) is 0 Å². The van der Waals surface area contributed by atoms with Gasteiger partial charge in [-0.1, -0.05) is 19.8 Å². The van der Waals surface area contributed by atoms with Crippen molar-refractivity contribution >= 4 is 0 Å². The maximum Gasteiger partial charge on any atom is 0.0153 e. The van der Waals surface area contributed by atoms with E-state index < -0.39 is 0 Å². The lowest BCUT2D eigenvalue weighted by molar-refractivity contribution is 0.113. The van der Waals surface area contributed by atoms with Crippen LogP contribution in [0.25, 0.3) is 0 Å². The van der Waals surface area contributed by atoms with Crippen molar-refractivity contribution in [3.05, 3.63) is 0 Å².